The van der Waals surface area contributed by atoms with Crippen molar-refractivity contribution in [1.29, 1.82) is 0 Å². The van der Waals surface area contributed by atoms with Crippen LogP contribution < -0.4 is 5.32 Å². The van der Waals surface area contributed by atoms with Crippen molar-refractivity contribution in [2.24, 2.45) is 11.8 Å². The average molecular weight is 208 g/mol. The largest absolute Gasteiger partial charge is 0.358 e. The third-order valence-electron chi connectivity index (χ3n) is 3.40. The number of aromatic nitrogens is 1. The van der Waals surface area contributed by atoms with Gasteiger partial charge in [-0.2, -0.15) is 0 Å². The number of hydrogen-bond donors (Lipinski definition) is 1. The summed E-state index contributed by atoms with van der Waals surface area (Å²) in [7, 11) is 0. The van der Waals surface area contributed by atoms with Crippen molar-refractivity contribution in [2.75, 3.05) is 5.32 Å². The standard InChI is InChI=1S/C11H16N2S/c1-6-7(2)14-11(12-6)13-10-5-9(10)8-3-4-8/h8-10H,3-5H2,1-2H3,(H,12,13). The molecule has 2 unspecified atom stereocenters. The number of anilines is 1. The van der Waals surface area contributed by atoms with Crippen molar-refractivity contribution in [1.82, 2.24) is 4.98 Å². The van der Waals surface area contributed by atoms with Gasteiger partial charge < -0.3 is 5.32 Å². The summed E-state index contributed by atoms with van der Waals surface area (Å²) in [5, 5.41) is 4.69. The van der Waals surface area contributed by atoms with Crippen LogP contribution in [0.1, 0.15) is 29.8 Å². The molecule has 2 nitrogen and oxygen atoms in total. The van der Waals surface area contributed by atoms with Gasteiger partial charge >= 0.3 is 0 Å². The molecular formula is C11H16N2S. The Kier molecular flexibility index (Phi) is 1.84. The fourth-order valence-corrected chi connectivity index (χ4v) is 3.00. The molecule has 14 heavy (non-hydrogen) atoms. The van der Waals surface area contributed by atoms with E-state index in [0.29, 0.717) is 0 Å². The summed E-state index contributed by atoms with van der Waals surface area (Å²) in [6.45, 7) is 4.23. The molecule has 2 aliphatic rings. The molecule has 2 atom stereocenters. The maximum Gasteiger partial charge on any atom is 0.183 e. The Morgan fingerprint density at radius 1 is 1.36 bits per heavy atom. The van der Waals surface area contributed by atoms with Crippen LogP contribution >= 0.6 is 11.3 Å². The molecule has 0 aliphatic heterocycles. The monoisotopic (exact) mass is 208 g/mol. The number of aryl methyl sites for hydroxylation is 2. The van der Waals surface area contributed by atoms with Crippen molar-refractivity contribution >= 4 is 16.5 Å². The molecular weight excluding hydrogens is 192 g/mol. The number of nitrogens with one attached hydrogen (secondary N) is 1. The minimum absolute atomic E-state index is 0.743. The lowest BCUT2D eigenvalue weighted by Gasteiger charge is -1.99. The van der Waals surface area contributed by atoms with Gasteiger partial charge in [-0.05, 0) is 44.9 Å². The maximum absolute atomic E-state index is 4.51. The van der Waals surface area contributed by atoms with Gasteiger partial charge in [0.15, 0.2) is 5.13 Å². The number of thiazole rings is 1. The van der Waals surface area contributed by atoms with E-state index in [1.807, 2.05) is 0 Å². The van der Waals surface area contributed by atoms with Crippen LogP contribution in [0.15, 0.2) is 0 Å². The lowest BCUT2D eigenvalue weighted by atomic mass is 10.3. The lowest BCUT2D eigenvalue weighted by Crippen LogP contribution is -2.04. The van der Waals surface area contributed by atoms with Crippen LogP contribution in [0, 0.1) is 25.7 Å². The summed E-state index contributed by atoms with van der Waals surface area (Å²) < 4.78 is 0. The zero-order valence-electron chi connectivity index (χ0n) is 8.71. The predicted molar refractivity (Wildman–Crippen MR) is 59.8 cm³/mol. The maximum atomic E-state index is 4.51. The fraction of sp³-hybridized carbons (Fsp3) is 0.727. The van der Waals surface area contributed by atoms with Gasteiger partial charge in [-0.25, -0.2) is 4.98 Å². The summed E-state index contributed by atoms with van der Waals surface area (Å²) in [5.74, 6) is 2.02. The first-order chi connectivity index (χ1) is 6.74. The Morgan fingerprint density at radius 3 is 2.71 bits per heavy atom. The van der Waals surface area contributed by atoms with Gasteiger partial charge in [-0.15, -0.1) is 11.3 Å². The van der Waals surface area contributed by atoms with E-state index in [4.69, 9.17) is 0 Å². The highest BCUT2D eigenvalue weighted by Crippen LogP contribution is 2.51. The van der Waals surface area contributed by atoms with Gasteiger partial charge in [0.25, 0.3) is 0 Å². The van der Waals surface area contributed by atoms with Crippen molar-refractivity contribution in [3.05, 3.63) is 10.6 Å². The van der Waals surface area contributed by atoms with Crippen LogP contribution in [0.4, 0.5) is 5.13 Å². The smallest absolute Gasteiger partial charge is 0.183 e. The second-order valence-electron chi connectivity index (χ2n) is 4.65. The highest BCUT2D eigenvalue weighted by Gasteiger charge is 2.47. The molecule has 2 fully saturated rings. The molecule has 1 heterocycles. The summed E-state index contributed by atoms with van der Waals surface area (Å²) >= 11 is 1.79. The molecule has 0 saturated heterocycles. The molecule has 76 valence electrons. The number of rotatable bonds is 3. The molecule has 0 bridgehead atoms. The van der Waals surface area contributed by atoms with Crippen molar-refractivity contribution in [3.63, 3.8) is 0 Å². The molecule has 2 aliphatic carbocycles. The molecule has 0 amide bonds. The highest BCUT2D eigenvalue weighted by atomic mass is 32.1. The van der Waals surface area contributed by atoms with Crippen molar-refractivity contribution in [3.8, 4) is 0 Å². The van der Waals surface area contributed by atoms with Crippen LogP contribution in [-0.2, 0) is 0 Å². The Labute approximate surface area is 88.7 Å². The SMILES string of the molecule is Cc1nc(NC2CC2C2CC2)sc1C. The number of nitrogens with zero attached hydrogens (tertiary/aromatic N) is 1. The van der Waals surface area contributed by atoms with E-state index in [1.54, 1.807) is 11.3 Å². The topological polar surface area (TPSA) is 24.9 Å². The lowest BCUT2D eigenvalue weighted by molar-refractivity contribution is 0.697. The van der Waals surface area contributed by atoms with Gasteiger partial charge in [0.05, 0.1) is 5.69 Å². The van der Waals surface area contributed by atoms with E-state index in [2.05, 4.69) is 24.1 Å². The van der Waals surface area contributed by atoms with E-state index in [1.165, 1.54) is 29.8 Å². The third-order valence-corrected chi connectivity index (χ3v) is 4.41. The number of hydrogen-bond acceptors (Lipinski definition) is 3. The first kappa shape index (κ1) is 8.72. The molecule has 0 radical (unpaired) electrons. The Morgan fingerprint density at radius 2 is 2.14 bits per heavy atom. The molecule has 3 heteroatoms. The molecule has 2 saturated carbocycles. The highest BCUT2D eigenvalue weighted by molar-refractivity contribution is 7.15. The van der Waals surface area contributed by atoms with E-state index >= 15 is 0 Å². The molecule has 1 N–H and O–H groups in total. The van der Waals surface area contributed by atoms with Gasteiger partial charge in [-0.1, -0.05) is 0 Å². The Bertz CT molecular complexity index is 335. The van der Waals surface area contributed by atoms with E-state index in [9.17, 15) is 0 Å². The average Bonchev–Trinajstić information content (AvgIpc) is 2.95. The van der Waals surface area contributed by atoms with Crippen molar-refractivity contribution in [2.45, 2.75) is 39.2 Å². The van der Waals surface area contributed by atoms with Crippen LogP contribution in [-0.4, -0.2) is 11.0 Å². The summed E-state index contributed by atoms with van der Waals surface area (Å²) in [6.07, 6.45) is 4.32. The first-order valence-electron chi connectivity index (χ1n) is 5.44. The summed E-state index contributed by atoms with van der Waals surface area (Å²) in [6, 6.07) is 0.743. The van der Waals surface area contributed by atoms with Crippen LogP contribution in [0.2, 0.25) is 0 Å². The summed E-state index contributed by atoms with van der Waals surface area (Å²) in [4.78, 5) is 5.86. The van der Waals surface area contributed by atoms with Gasteiger partial charge in [0.1, 0.15) is 0 Å². The fourth-order valence-electron chi connectivity index (χ4n) is 2.12. The minimum Gasteiger partial charge on any atom is -0.358 e. The van der Waals surface area contributed by atoms with E-state index in [0.717, 1.165) is 23.0 Å². The minimum atomic E-state index is 0.743. The predicted octanol–water partition coefficient (Wildman–Crippen LogP) is 2.97. The molecule has 0 spiro atoms. The van der Waals surface area contributed by atoms with E-state index < -0.39 is 0 Å². The molecule has 1 aromatic heterocycles. The molecule has 3 rings (SSSR count). The van der Waals surface area contributed by atoms with Crippen LogP contribution in [0.3, 0.4) is 0 Å². The van der Waals surface area contributed by atoms with E-state index in [-0.39, 0.29) is 0 Å². The Balaban J connectivity index is 1.62. The normalized spacial score (nSPS) is 30.4. The van der Waals surface area contributed by atoms with Crippen LogP contribution in [0.25, 0.3) is 0 Å². The van der Waals surface area contributed by atoms with Gasteiger partial charge in [0, 0.05) is 10.9 Å². The second-order valence-corrected chi connectivity index (χ2v) is 5.85. The zero-order valence-corrected chi connectivity index (χ0v) is 9.53. The van der Waals surface area contributed by atoms with Gasteiger partial charge in [-0.3, -0.25) is 0 Å². The van der Waals surface area contributed by atoms with Crippen LogP contribution in [0.5, 0.6) is 0 Å². The first-order valence-corrected chi connectivity index (χ1v) is 6.26. The van der Waals surface area contributed by atoms with Crippen molar-refractivity contribution < 1.29 is 0 Å². The molecule has 1 aromatic rings. The van der Waals surface area contributed by atoms with Gasteiger partial charge in [0.2, 0.25) is 0 Å². The Hall–Kier alpha value is -0.570. The summed E-state index contributed by atoms with van der Waals surface area (Å²) in [5.41, 5.74) is 1.18. The zero-order chi connectivity index (χ0) is 9.71. The third kappa shape index (κ3) is 1.54. The molecule has 0 aromatic carbocycles. The second kappa shape index (κ2) is 2.96. The quantitative estimate of drug-likeness (QED) is 0.826.